The molecule has 1 atom stereocenters. The zero-order valence-electron chi connectivity index (χ0n) is 4.59. The molecular formula is C4H7NO2S. The molecule has 0 radical (unpaired) electrons. The van der Waals surface area contributed by atoms with E-state index in [4.69, 9.17) is 0 Å². The van der Waals surface area contributed by atoms with Crippen LogP contribution >= 0.6 is 0 Å². The topological polar surface area (TPSA) is 46.5 Å². The minimum absolute atomic E-state index is 0.211. The fraction of sp³-hybridized carbons (Fsp3) is 0.750. The van der Waals surface area contributed by atoms with Crippen LogP contribution in [0.4, 0.5) is 0 Å². The molecule has 1 unspecified atom stereocenters. The van der Waals surface area contributed by atoms with E-state index < -0.39 is 9.73 Å². The van der Waals surface area contributed by atoms with Gasteiger partial charge in [0, 0.05) is 18.4 Å². The zero-order valence-corrected chi connectivity index (χ0v) is 5.40. The van der Waals surface area contributed by atoms with Crippen LogP contribution in [-0.4, -0.2) is 22.1 Å². The molecular weight excluding hydrogens is 126 g/mol. The van der Waals surface area contributed by atoms with Crippen LogP contribution in [0.3, 0.4) is 0 Å². The molecule has 0 spiro atoms. The summed E-state index contributed by atoms with van der Waals surface area (Å²) in [5.41, 5.74) is 0. The number of carbonyl (C=O) groups is 1. The largest absolute Gasteiger partial charge is 0.272 e. The van der Waals surface area contributed by atoms with Crippen LogP contribution in [-0.2, 0) is 14.5 Å². The molecule has 0 fully saturated rings. The van der Waals surface area contributed by atoms with Gasteiger partial charge in [-0.1, -0.05) is 0 Å². The van der Waals surface area contributed by atoms with Gasteiger partial charge in [0.2, 0.25) is 0 Å². The Hall–Kier alpha value is -0.380. The average Bonchev–Trinajstić information content (AvgIpc) is 1.82. The monoisotopic (exact) mass is 133 g/mol. The molecule has 1 heterocycles. The summed E-state index contributed by atoms with van der Waals surface area (Å²) in [6.45, 7) is 0. The summed E-state index contributed by atoms with van der Waals surface area (Å²) in [5.74, 6) is 0.240. The fourth-order valence-electron chi connectivity index (χ4n) is 0.583. The van der Waals surface area contributed by atoms with E-state index >= 15 is 0 Å². The average molecular weight is 133 g/mol. The zero-order chi connectivity index (χ0) is 6.20. The van der Waals surface area contributed by atoms with Gasteiger partial charge in [0.1, 0.15) is 0 Å². The van der Waals surface area contributed by atoms with Gasteiger partial charge in [-0.05, 0) is 0 Å². The minimum atomic E-state index is -2.07. The summed E-state index contributed by atoms with van der Waals surface area (Å²) < 4.78 is 14.2. The predicted octanol–water partition coefficient (Wildman–Crippen LogP) is 0.0145. The molecule has 0 aromatic rings. The summed E-state index contributed by atoms with van der Waals surface area (Å²) in [6.07, 6.45) is 1.88. The highest BCUT2D eigenvalue weighted by Crippen LogP contribution is 2.05. The van der Waals surface area contributed by atoms with Gasteiger partial charge in [0.05, 0.1) is 9.73 Å². The summed E-state index contributed by atoms with van der Waals surface area (Å²) in [4.78, 5) is 10.3. The highest BCUT2D eigenvalue weighted by Gasteiger charge is 2.14. The lowest BCUT2D eigenvalue weighted by Crippen LogP contribution is -1.94. The lowest BCUT2D eigenvalue weighted by Gasteiger charge is -1.84. The SMILES string of the molecule is CS1(=O)=NC(=O)CC1. The van der Waals surface area contributed by atoms with Crippen molar-refractivity contribution in [2.24, 2.45) is 4.36 Å². The molecule has 46 valence electrons. The predicted molar refractivity (Wildman–Crippen MR) is 31.0 cm³/mol. The second kappa shape index (κ2) is 1.55. The van der Waals surface area contributed by atoms with E-state index in [-0.39, 0.29) is 5.91 Å². The van der Waals surface area contributed by atoms with Crippen molar-refractivity contribution in [3.8, 4) is 0 Å². The third-order valence-electron chi connectivity index (χ3n) is 0.990. The van der Waals surface area contributed by atoms with Crippen molar-refractivity contribution in [1.29, 1.82) is 0 Å². The summed E-state index contributed by atoms with van der Waals surface area (Å²) >= 11 is 0. The normalized spacial score (nSPS) is 37.4. The molecule has 0 saturated heterocycles. The molecule has 1 amide bonds. The van der Waals surface area contributed by atoms with E-state index in [1.165, 1.54) is 6.26 Å². The molecule has 3 nitrogen and oxygen atoms in total. The van der Waals surface area contributed by atoms with Crippen molar-refractivity contribution in [2.75, 3.05) is 12.0 Å². The van der Waals surface area contributed by atoms with E-state index in [0.29, 0.717) is 12.2 Å². The van der Waals surface area contributed by atoms with Crippen molar-refractivity contribution in [1.82, 2.24) is 0 Å². The van der Waals surface area contributed by atoms with Crippen LogP contribution in [0.15, 0.2) is 4.36 Å². The molecule has 0 aromatic heterocycles. The van der Waals surface area contributed by atoms with Crippen molar-refractivity contribution in [2.45, 2.75) is 6.42 Å². The Kier molecular flexibility index (Phi) is 1.11. The quantitative estimate of drug-likeness (QED) is 0.467. The summed E-state index contributed by atoms with van der Waals surface area (Å²) in [5, 5.41) is 0. The van der Waals surface area contributed by atoms with Gasteiger partial charge < -0.3 is 0 Å². The number of carbonyl (C=O) groups excluding carboxylic acids is 1. The van der Waals surface area contributed by atoms with Gasteiger partial charge >= 0.3 is 0 Å². The Labute approximate surface area is 48.3 Å². The van der Waals surface area contributed by atoms with Crippen LogP contribution in [0.2, 0.25) is 0 Å². The maximum absolute atomic E-state index is 10.8. The van der Waals surface area contributed by atoms with Gasteiger partial charge in [0.15, 0.2) is 0 Å². The van der Waals surface area contributed by atoms with Crippen molar-refractivity contribution < 1.29 is 9.00 Å². The van der Waals surface area contributed by atoms with Gasteiger partial charge in [-0.15, -0.1) is 0 Å². The first-order valence-electron chi connectivity index (χ1n) is 2.33. The van der Waals surface area contributed by atoms with Gasteiger partial charge in [0.25, 0.3) is 5.91 Å². The van der Waals surface area contributed by atoms with E-state index in [0.717, 1.165) is 0 Å². The number of hydrogen-bond acceptors (Lipinski definition) is 2. The highest BCUT2D eigenvalue weighted by atomic mass is 32.2. The molecule has 1 aliphatic rings. The van der Waals surface area contributed by atoms with Crippen LogP contribution in [0.1, 0.15) is 6.42 Å². The second-order valence-corrected chi connectivity index (χ2v) is 4.41. The number of rotatable bonds is 0. The standard InChI is InChI=1S/C4H7NO2S/c1-8(7)3-2-4(6)5-8/h2-3H2,1H3. The Morgan fingerprint density at radius 3 is 2.50 bits per heavy atom. The number of hydrogen-bond donors (Lipinski definition) is 0. The molecule has 1 aliphatic heterocycles. The second-order valence-electron chi connectivity index (χ2n) is 1.90. The van der Waals surface area contributed by atoms with Crippen molar-refractivity contribution in [3.05, 3.63) is 0 Å². The molecule has 0 N–H and O–H groups in total. The molecule has 1 rings (SSSR count). The van der Waals surface area contributed by atoms with Crippen molar-refractivity contribution >= 4 is 15.6 Å². The number of nitrogens with zero attached hydrogens (tertiary/aromatic N) is 1. The van der Waals surface area contributed by atoms with E-state index in [1.807, 2.05) is 0 Å². The summed E-state index contributed by atoms with van der Waals surface area (Å²) in [6, 6.07) is 0. The fourth-order valence-corrected chi connectivity index (χ4v) is 1.75. The molecule has 0 saturated carbocycles. The molecule has 0 aromatic carbocycles. The van der Waals surface area contributed by atoms with E-state index in [9.17, 15) is 9.00 Å². The van der Waals surface area contributed by atoms with Crippen LogP contribution in [0.25, 0.3) is 0 Å². The third-order valence-corrected chi connectivity index (χ3v) is 2.54. The highest BCUT2D eigenvalue weighted by molar-refractivity contribution is 7.93. The van der Waals surface area contributed by atoms with E-state index in [2.05, 4.69) is 4.36 Å². The first-order chi connectivity index (χ1) is 3.60. The molecule has 8 heavy (non-hydrogen) atoms. The van der Waals surface area contributed by atoms with Crippen LogP contribution in [0.5, 0.6) is 0 Å². The van der Waals surface area contributed by atoms with Crippen LogP contribution in [0, 0.1) is 0 Å². The lowest BCUT2D eigenvalue weighted by atomic mass is 10.5. The smallest absolute Gasteiger partial charge is 0.254 e. The number of amides is 1. The third kappa shape index (κ3) is 1.06. The van der Waals surface area contributed by atoms with E-state index in [1.54, 1.807) is 0 Å². The maximum Gasteiger partial charge on any atom is 0.254 e. The Balaban J connectivity index is 3.04. The molecule has 0 aliphatic carbocycles. The molecule has 0 bridgehead atoms. The first kappa shape index (κ1) is 5.75. The lowest BCUT2D eigenvalue weighted by molar-refractivity contribution is -0.116. The molecule has 4 heteroatoms. The maximum atomic E-state index is 10.8. The Morgan fingerprint density at radius 2 is 2.38 bits per heavy atom. The van der Waals surface area contributed by atoms with Crippen LogP contribution < -0.4 is 0 Å². The summed E-state index contributed by atoms with van der Waals surface area (Å²) in [7, 11) is -2.07. The van der Waals surface area contributed by atoms with Gasteiger partial charge in [-0.25, -0.2) is 4.21 Å². The van der Waals surface area contributed by atoms with Gasteiger partial charge in [-0.3, -0.25) is 4.79 Å². The Morgan fingerprint density at radius 1 is 1.75 bits per heavy atom. The Bertz CT molecular complexity index is 224. The van der Waals surface area contributed by atoms with Crippen molar-refractivity contribution in [3.63, 3.8) is 0 Å². The first-order valence-corrected chi connectivity index (χ1v) is 4.42. The minimum Gasteiger partial charge on any atom is -0.272 e. The van der Waals surface area contributed by atoms with Gasteiger partial charge in [-0.2, -0.15) is 4.36 Å².